The highest BCUT2D eigenvalue weighted by molar-refractivity contribution is 7.89. The Morgan fingerprint density at radius 3 is 2.72 bits per heavy atom. The van der Waals surface area contributed by atoms with Crippen LogP contribution in [-0.4, -0.2) is 24.7 Å². The fourth-order valence-electron chi connectivity index (χ4n) is 2.47. The Kier molecular flexibility index (Phi) is 3.91. The summed E-state index contributed by atoms with van der Waals surface area (Å²) in [6, 6.07) is 0. The molecule has 0 bridgehead atoms. The fourth-order valence-corrected chi connectivity index (χ4v) is 3.61. The number of aryl methyl sites for hydroxylation is 1. The summed E-state index contributed by atoms with van der Waals surface area (Å²) in [5.41, 5.74) is 5.57. The van der Waals surface area contributed by atoms with Gasteiger partial charge in [0, 0.05) is 19.8 Å². The number of nitrogens with zero attached hydrogens (tertiary/aromatic N) is 2. The highest BCUT2D eigenvalue weighted by Crippen LogP contribution is 2.27. The van der Waals surface area contributed by atoms with Gasteiger partial charge in [0.2, 0.25) is 10.0 Å². The maximum atomic E-state index is 12.0. The predicted molar refractivity (Wildman–Crippen MR) is 69.4 cm³/mol. The van der Waals surface area contributed by atoms with Crippen molar-refractivity contribution in [3.05, 3.63) is 6.20 Å². The number of sulfonamides is 1. The quantitative estimate of drug-likeness (QED) is 0.832. The molecule has 2 rings (SSSR count). The first-order valence-electron chi connectivity index (χ1n) is 6.28. The van der Waals surface area contributed by atoms with Crippen LogP contribution < -0.4 is 10.5 Å². The lowest BCUT2D eigenvalue weighted by molar-refractivity contribution is 0.496. The van der Waals surface area contributed by atoms with Crippen LogP contribution in [0.15, 0.2) is 11.1 Å². The van der Waals surface area contributed by atoms with E-state index in [1.807, 2.05) is 0 Å². The Bertz CT molecular complexity index is 503. The van der Waals surface area contributed by atoms with Crippen molar-refractivity contribution in [1.82, 2.24) is 14.5 Å². The van der Waals surface area contributed by atoms with Crippen LogP contribution in [-0.2, 0) is 17.1 Å². The molecule has 1 saturated carbocycles. The molecule has 0 saturated heterocycles. The van der Waals surface area contributed by atoms with Gasteiger partial charge in [-0.05, 0) is 12.3 Å². The monoisotopic (exact) mass is 272 g/mol. The van der Waals surface area contributed by atoms with Crippen molar-refractivity contribution in [3.63, 3.8) is 0 Å². The van der Waals surface area contributed by atoms with Gasteiger partial charge in [0.25, 0.3) is 0 Å². The van der Waals surface area contributed by atoms with E-state index in [4.69, 9.17) is 5.73 Å². The van der Waals surface area contributed by atoms with Crippen molar-refractivity contribution in [2.75, 3.05) is 12.3 Å². The Morgan fingerprint density at radius 2 is 2.17 bits per heavy atom. The van der Waals surface area contributed by atoms with Crippen molar-refractivity contribution in [3.8, 4) is 0 Å². The summed E-state index contributed by atoms with van der Waals surface area (Å²) in [6.45, 7) is 0.474. The minimum atomic E-state index is -3.52. The lowest BCUT2D eigenvalue weighted by Crippen LogP contribution is -2.26. The van der Waals surface area contributed by atoms with E-state index >= 15 is 0 Å². The second-order valence-corrected chi connectivity index (χ2v) is 6.62. The van der Waals surface area contributed by atoms with E-state index in [2.05, 4.69) is 9.82 Å². The van der Waals surface area contributed by atoms with Crippen LogP contribution in [0.5, 0.6) is 0 Å². The van der Waals surface area contributed by atoms with Crippen LogP contribution in [0.2, 0.25) is 0 Å². The van der Waals surface area contributed by atoms with Crippen molar-refractivity contribution >= 4 is 15.8 Å². The third kappa shape index (κ3) is 3.02. The highest BCUT2D eigenvalue weighted by Gasteiger charge is 2.21. The van der Waals surface area contributed by atoms with Gasteiger partial charge in [-0.15, -0.1) is 0 Å². The second-order valence-electron chi connectivity index (χ2n) is 4.89. The Labute approximate surface area is 108 Å². The van der Waals surface area contributed by atoms with Crippen LogP contribution in [0.25, 0.3) is 0 Å². The molecule has 1 aromatic heterocycles. The van der Waals surface area contributed by atoms with E-state index in [1.165, 1.54) is 36.6 Å². The molecule has 1 aromatic rings. The summed E-state index contributed by atoms with van der Waals surface area (Å²) < 4.78 is 28.0. The fraction of sp³-hybridized carbons (Fsp3) is 0.727. The number of rotatable bonds is 5. The third-order valence-corrected chi connectivity index (χ3v) is 4.91. The number of hydrogen-bond donors (Lipinski definition) is 2. The van der Waals surface area contributed by atoms with Gasteiger partial charge in [-0.1, -0.05) is 25.7 Å². The van der Waals surface area contributed by atoms with Crippen molar-refractivity contribution in [2.45, 2.75) is 37.0 Å². The normalized spacial score (nSPS) is 17.4. The van der Waals surface area contributed by atoms with Gasteiger partial charge in [-0.3, -0.25) is 4.68 Å². The van der Waals surface area contributed by atoms with Gasteiger partial charge < -0.3 is 5.73 Å². The lowest BCUT2D eigenvalue weighted by atomic mass is 10.1. The molecule has 1 heterocycles. The summed E-state index contributed by atoms with van der Waals surface area (Å²) in [7, 11) is -1.87. The molecule has 0 unspecified atom stereocenters. The van der Waals surface area contributed by atoms with E-state index in [1.54, 1.807) is 7.05 Å². The van der Waals surface area contributed by atoms with E-state index in [0.29, 0.717) is 12.5 Å². The van der Waals surface area contributed by atoms with Crippen LogP contribution >= 0.6 is 0 Å². The molecule has 0 spiro atoms. The molecular weight excluding hydrogens is 252 g/mol. The maximum Gasteiger partial charge on any atom is 0.245 e. The molecule has 0 radical (unpaired) electrons. The molecule has 102 valence electrons. The van der Waals surface area contributed by atoms with Crippen LogP contribution in [0.4, 0.5) is 5.82 Å². The van der Waals surface area contributed by atoms with Crippen molar-refractivity contribution in [2.24, 2.45) is 13.0 Å². The first kappa shape index (κ1) is 13.4. The zero-order valence-corrected chi connectivity index (χ0v) is 11.4. The predicted octanol–water partition coefficient (Wildman–Crippen LogP) is 0.861. The molecule has 6 nitrogen and oxygen atoms in total. The second kappa shape index (κ2) is 5.27. The SMILES string of the molecule is Cn1cc(S(=O)(=O)NCCC2CCCC2)c(N)n1. The minimum absolute atomic E-state index is 0.0471. The van der Waals surface area contributed by atoms with Gasteiger partial charge in [0.1, 0.15) is 4.90 Å². The molecule has 18 heavy (non-hydrogen) atoms. The van der Waals surface area contributed by atoms with Gasteiger partial charge >= 0.3 is 0 Å². The number of hydrogen-bond acceptors (Lipinski definition) is 4. The van der Waals surface area contributed by atoms with E-state index in [-0.39, 0.29) is 10.7 Å². The van der Waals surface area contributed by atoms with Crippen molar-refractivity contribution in [1.29, 1.82) is 0 Å². The number of aromatic nitrogens is 2. The van der Waals surface area contributed by atoms with Crippen molar-refractivity contribution < 1.29 is 8.42 Å². The van der Waals surface area contributed by atoms with Crippen LogP contribution in [0.3, 0.4) is 0 Å². The first-order valence-corrected chi connectivity index (χ1v) is 7.76. The van der Waals surface area contributed by atoms with Gasteiger partial charge in [0.15, 0.2) is 5.82 Å². The Balaban J connectivity index is 1.93. The molecule has 1 fully saturated rings. The van der Waals surface area contributed by atoms with Gasteiger partial charge in [0.05, 0.1) is 0 Å². The summed E-state index contributed by atoms with van der Waals surface area (Å²) in [4.78, 5) is 0.0661. The Hall–Kier alpha value is -1.08. The maximum absolute atomic E-state index is 12.0. The molecule has 1 aliphatic carbocycles. The summed E-state index contributed by atoms with van der Waals surface area (Å²) in [6.07, 6.45) is 7.31. The van der Waals surface area contributed by atoms with Crippen LogP contribution in [0, 0.1) is 5.92 Å². The number of nitrogens with one attached hydrogen (secondary N) is 1. The van der Waals surface area contributed by atoms with E-state index in [0.717, 1.165) is 6.42 Å². The zero-order valence-electron chi connectivity index (χ0n) is 10.6. The first-order chi connectivity index (χ1) is 8.49. The topological polar surface area (TPSA) is 90.0 Å². The number of anilines is 1. The largest absolute Gasteiger partial charge is 0.381 e. The molecule has 0 aliphatic heterocycles. The highest BCUT2D eigenvalue weighted by atomic mass is 32.2. The minimum Gasteiger partial charge on any atom is -0.381 e. The van der Waals surface area contributed by atoms with Crippen LogP contribution in [0.1, 0.15) is 32.1 Å². The van der Waals surface area contributed by atoms with Gasteiger partial charge in [-0.2, -0.15) is 5.10 Å². The molecule has 3 N–H and O–H groups in total. The average molecular weight is 272 g/mol. The van der Waals surface area contributed by atoms with E-state index < -0.39 is 10.0 Å². The molecule has 0 aromatic carbocycles. The van der Waals surface area contributed by atoms with E-state index in [9.17, 15) is 8.42 Å². The Morgan fingerprint density at radius 1 is 1.50 bits per heavy atom. The number of nitrogen functional groups attached to an aromatic ring is 1. The molecule has 0 atom stereocenters. The lowest BCUT2D eigenvalue weighted by Gasteiger charge is -2.09. The summed E-state index contributed by atoms with van der Waals surface area (Å²) in [5.74, 6) is 0.713. The average Bonchev–Trinajstić information content (AvgIpc) is 2.88. The zero-order chi connectivity index (χ0) is 13.2. The smallest absolute Gasteiger partial charge is 0.245 e. The van der Waals surface area contributed by atoms with Gasteiger partial charge in [-0.25, -0.2) is 13.1 Å². The standard InChI is InChI=1S/C11H20N4O2S/c1-15-8-10(11(12)14-15)18(16,17)13-7-6-9-4-2-3-5-9/h8-9,13H,2-7H2,1H3,(H2,12,14). The third-order valence-electron chi connectivity index (χ3n) is 3.43. The summed E-state index contributed by atoms with van der Waals surface area (Å²) >= 11 is 0. The molecule has 0 amide bonds. The molecular formula is C11H20N4O2S. The molecule has 1 aliphatic rings. The number of nitrogens with two attached hydrogens (primary N) is 1. The molecule has 7 heteroatoms. The summed E-state index contributed by atoms with van der Waals surface area (Å²) in [5, 5.41) is 3.84.